The van der Waals surface area contributed by atoms with Crippen molar-refractivity contribution in [3.8, 4) is 0 Å². The SMILES string of the molecule is CCCc1cc(N2C[C@H]3C[C@H](O)[C@H](O)C[C@H]3C2)nc(C)n1. The largest absolute Gasteiger partial charge is 0.390 e. The fraction of sp³-hybridized carbons (Fsp3) is 0.750. The molecule has 0 radical (unpaired) electrons. The van der Waals surface area contributed by atoms with Gasteiger partial charge in [0.05, 0.1) is 12.2 Å². The summed E-state index contributed by atoms with van der Waals surface area (Å²) < 4.78 is 0. The summed E-state index contributed by atoms with van der Waals surface area (Å²) in [5.74, 6) is 2.76. The van der Waals surface area contributed by atoms with Gasteiger partial charge in [0.25, 0.3) is 0 Å². The number of aliphatic hydroxyl groups is 2. The van der Waals surface area contributed by atoms with Crippen molar-refractivity contribution in [1.29, 1.82) is 0 Å². The molecule has 5 nitrogen and oxygen atoms in total. The quantitative estimate of drug-likeness (QED) is 0.878. The van der Waals surface area contributed by atoms with Gasteiger partial charge in [0.1, 0.15) is 11.6 Å². The van der Waals surface area contributed by atoms with Crippen LogP contribution in [-0.4, -0.2) is 45.5 Å². The maximum Gasteiger partial charge on any atom is 0.132 e. The Bertz CT molecular complexity index is 490. The third-order valence-corrected chi connectivity index (χ3v) is 4.82. The molecule has 2 fully saturated rings. The molecule has 1 aliphatic carbocycles. The number of nitrogens with zero attached hydrogens (tertiary/aromatic N) is 3. The van der Waals surface area contributed by atoms with E-state index in [2.05, 4.69) is 27.9 Å². The van der Waals surface area contributed by atoms with Crippen LogP contribution in [0.2, 0.25) is 0 Å². The van der Waals surface area contributed by atoms with E-state index in [1.807, 2.05) is 6.92 Å². The molecular weight excluding hydrogens is 266 g/mol. The van der Waals surface area contributed by atoms with Crippen LogP contribution in [0.4, 0.5) is 5.82 Å². The van der Waals surface area contributed by atoms with Crippen LogP contribution in [0.15, 0.2) is 6.07 Å². The van der Waals surface area contributed by atoms with E-state index >= 15 is 0 Å². The number of hydrogen-bond donors (Lipinski definition) is 2. The van der Waals surface area contributed by atoms with Crippen molar-refractivity contribution in [2.24, 2.45) is 11.8 Å². The van der Waals surface area contributed by atoms with Gasteiger partial charge in [0.15, 0.2) is 0 Å². The van der Waals surface area contributed by atoms with Crippen molar-refractivity contribution in [2.75, 3.05) is 18.0 Å². The molecule has 21 heavy (non-hydrogen) atoms. The van der Waals surface area contributed by atoms with Gasteiger partial charge in [0.2, 0.25) is 0 Å². The van der Waals surface area contributed by atoms with Crippen LogP contribution >= 0.6 is 0 Å². The third-order valence-electron chi connectivity index (χ3n) is 4.82. The van der Waals surface area contributed by atoms with Crippen LogP contribution in [0.3, 0.4) is 0 Å². The molecule has 0 aromatic carbocycles. The lowest BCUT2D eigenvalue weighted by molar-refractivity contribution is -0.0372. The van der Waals surface area contributed by atoms with Gasteiger partial charge in [-0.05, 0) is 38.0 Å². The highest BCUT2D eigenvalue weighted by atomic mass is 16.3. The fourth-order valence-corrected chi connectivity index (χ4v) is 3.75. The van der Waals surface area contributed by atoms with Gasteiger partial charge in [-0.2, -0.15) is 0 Å². The first-order chi connectivity index (χ1) is 10.1. The molecule has 1 aromatic rings. The number of aromatic nitrogens is 2. The van der Waals surface area contributed by atoms with E-state index in [-0.39, 0.29) is 0 Å². The maximum absolute atomic E-state index is 9.85. The summed E-state index contributed by atoms with van der Waals surface area (Å²) in [6, 6.07) is 2.10. The summed E-state index contributed by atoms with van der Waals surface area (Å²) in [6.07, 6.45) is 2.35. The average Bonchev–Trinajstić information content (AvgIpc) is 2.82. The number of aliphatic hydroxyl groups excluding tert-OH is 2. The molecule has 1 aliphatic heterocycles. The molecule has 0 unspecified atom stereocenters. The van der Waals surface area contributed by atoms with Gasteiger partial charge in [-0.15, -0.1) is 0 Å². The highest BCUT2D eigenvalue weighted by molar-refractivity contribution is 5.41. The predicted molar refractivity (Wildman–Crippen MR) is 81.2 cm³/mol. The summed E-state index contributed by atoms with van der Waals surface area (Å²) >= 11 is 0. The molecule has 5 heteroatoms. The van der Waals surface area contributed by atoms with Gasteiger partial charge in [-0.1, -0.05) is 13.3 Å². The topological polar surface area (TPSA) is 69.5 Å². The first-order valence-electron chi connectivity index (χ1n) is 8.02. The Morgan fingerprint density at radius 2 is 1.76 bits per heavy atom. The average molecular weight is 291 g/mol. The number of anilines is 1. The van der Waals surface area contributed by atoms with E-state index in [0.29, 0.717) is 24.7 Å². The van der Waals surface area contributed by atoms with Crippen molar-refractivity contribution >= 4 is 5.82 Å². The molecule has 4 atom stereocenters. The summed E-state index contributed by atoms with van der Waals surface area (Å²) in [5, 5.41) is 19.7. The second-order valence-electron chi connectivity index (χ2n) is 6.55. The molecule has 2 heterocycles. The van der Waals surface area contributed by atoms with Crippen molar-refractivity contribution in [2.45, 2.75) is 51.7 Å². The smallest absolute Gasteiger partial charge is 0.132 e. The van der Waals surface area contributed by atoms with E-state index < -0.39 is 12.2 Å². The highest BCUT2D eigenvalue weighted by Gasteiger charge is 2.41. The molecule has 2 N–H and O–H groups in total. The van der Waals surface area contributed by atoms with Crippen molar-refractivity contribution < 1.29 is 10.2 Å². The Kier molecular flexibility index (Phi) is 4.13. The highest BCUT2D eigenvalue weighted by Crippen LogP contribution is 2.38. The molecule has 0 bridgehead atoms. The zero-order chi connectivity index (χ0) is 15.0. The molecule has 116 valence electrons. The minimum Gasteiger partial charge on any atom is -0.390 e. The zero-order valence-electron chi connectivity index (χ0n) is 12.9. The molecule has 0 amide bonds. The second kappa shape index (κ2) is 5.89. The van der Waals surface area contributed by atoms with Crippen molar-refractivity contribution in [1.82, 2.24) is 9.97 Å². The summed E-state index contributed by atoms with van der Waals surface area (Å²) in [7, 11) is 0. The van der Waals surface area contributed by atoms with Crippen molar-refractivity contribution in [3.63, 3.8) is 0 Å². The van der Waals surface area contributed by atoms with E-state index in [1.165, 1.54) is 0 Å². The Hall–Kier alpha value is -1.20. The van der Waals surface area contributed by atoms with Crippen LogP contribution in [0.25, 0.3) is 0 Å². The zero-order valence-corrected chi connectivity index (χ0v) is 12.9. The lowest BCUT2D eigenvalue weighted by atomic mass is 9.79. The molecule has 2 aliphatic rings. The third kappa shape index (κ3) is 3.04. The van der Waals surface area contributed by atoms with E-state index in [0.717, 1.165) is 43.3 Å². The van der Waals surface area contributed by atoms with E-state index in [1.54, 1.807) is 0 Å². The van der Waals surface area contributed by atoms with Gasteiger partial charge in [0, 0.05) is 24.8 Å². The normalized spacial score (nSPS) is 32.3. The number of fused-ring (bicyclic) bond motifs is 1. The Morgan fingerprint density at radius 3 is 2.33 bits per heavy atom. The first kappa shape index (κ1) is 14.7. The Labute approximate surface area is 126 Å². The number of rotatable bonds is 3. The fourth-order valence-electron chi connectivity index (χ4n) is 3.75. The lowest BCUT2D eigenvalue weighted by Gasteiger charge is -2.31. The van der Waals surface area contributed by atoms with Gasteiger partial charge >= 0.3 is 0 Å². The molecule has 1 saturated heterocycles. The lowest BCUT2D eigenvalue weighted by Crippen LogP contribution is -2.38. The van der Waals surface area contributed by atoms with Crippen LogP contribution in [0.1, 0.15) is 37.7 Å². The Balaban J connectivity index is 1.77. The van der Waals surface area contributed by atoms with Crippen molar-refractivity contribution in [3.05, 3.63) is 17.6 Å². The van der Waals surface area contributed by atoms with Gasteiger partial charge in [-0.25, -0.2) is 9.97 Å². The van der Waals surface area contributed by atoms with Gasteiger partial charge in [-0.3, -0.25) is 0 Å². The van der Waals surface area contributed by atoms with Crippen LogP contribution in [0.5, 0.6) is 0 Å². The van der Waals surface area contributed by atoms with Crippen LogP contribution in [-0.2, 0) is 6.42 Å². The standard InChI is InChI=1S/C16H25N3O2/c1-3-4-13-7-16(18-10(2)17-13)19-8-11-5-14(20)15(21)6-12(11)9-19/h7,11-12,14-15,20-21H,3-6,8-9H2,1-2H3/t11-,12+,14+,15-. The minimum atomic E-state index is -0.561. The predicted octanol–water partition coefficient (Wildman–Crippen LogP) is 1.31. The second-order valence-corrected chi connectivity index (χ2v) is 6.55. The summed E-state index contributed by atoms with van der Waals surface area (Å²) in [5.41, 5.74) is 1.11. The molecule has 1 aromatic heterocycles. The van der Waals surface area contributed by atoms with Crippen LogP contribution < -0.4 is 4.90 Å². The van der Waals surface area contributed by atoms with Crippen LogP contribution in [0, 0.1) is 18.8 Å². The summed E-state index contributed by atoms with van der Waals surface area (Å²) in [6.45, 7) is 5.95. The molecule has 3 rings (SSSR count). The first-order valence-corrected chi connectivity index (χ1v) is 8.02. The number of aryl methyl sites for hydroxylation is 2. The minimum absolute atomic E-state index is 0.466. The molecule has 0 spiro atoms. The maximum atomic E-state index is 9.85. The van der Waals surface area contributed by atoms with Gasteiger partial charge < -0.3 is 15.1 Å². The monoisotopic (exact) mass is 291 g/mol. The van der Waals surface area contributed by atoms with E-state index in [4.69, 9.17) is 0 Å². The van der Waals surface area contributed by atoms with E-state index in [9.17, 15) is 10.2 Å². The Morgan fingerprint density at radius 1 is 1.14 bits per heavy atom. The summed E-state index contributed by atoms with van der Waals surface area (Å²) in [4.78, 5) is 11.4. The number of hydrogen-bond acceptors (Lipinski definition) is 5. The molecular formula is C16H25N3O2. The molecule has 1 saturated carbocycles.